The van der Waals surface area contributed by atoms with Gasteiger partial charge in [0.15, 0.2) is 0 Å². The number of anilines is 1. The predicted molar refractivity (Wildman–Crippen MR) is 100 cm³/mol. The smallest absolute Gasteiger partial charge is 0.387 e. The van der Waals surface area contributed by atoms with E-state index in [1.54, 1.807) is 19.2 Å². The lowest BCUT2D eigenvalue weighted by molar-refractivity contribution is -0.0504. The molecule has 0 atom stereocenters. The van der Waals surface area contributed by atoms with Gasteiger partial charge in [0.25, 0.3) is 5.56 Å². The number of aryl methyl sites for hydroxylation is 1. The largest absolute Gasteiger partial charge is 0.507 e. The van der Waals surface area contributed by atoms with E-state index in [9.17, 15) is 27.5 Å². The van der Waals surface area contributed by atoms with Crippen molar-refractivity contribution in [2.45, 2.75) is 13.2 Å². The van der Waals surface area contributed by atoms with Crippen molar-refractivity contribution in [3.8, 4) is 17.2 Å². The summed E-state index contributed by atoms with van der Waals surface area (Å²) in [5.74, 6) is -0.159. The third-order valence-electron chi connectivity index (χ3n) is 3.79. The van der Waals surface area contributed by atoms with Crippen LogP contribution in [-0.2, 0) is 7.05 Å². The lowest BCUT2D eigenvalue weighted by Crippen LogP contribution is -2.15. The number of aromatic nitrogens is 1. The molecule has 0 unspecified atom stereocenters. The number of nitrogens with zero attached hydrogens (tertiary/aromatic N) is 1. The molecule has 0 bridgehead atoms. The first kappa shape index (κ1) is 21.9. The van der Waals surface area contributed by atoms with Gasteiger partial charge in [0.05, 0.1) is 5.52 Å². The van der Waals surface area contributed by atoms with Crippen LogP contribution in [0, 0.1) is 0 Å². The number of fused-ring (bicyclic) bond motifs is 1. The van der Waals surface area contributed by atoms with Gasteiger partial charge in [-0.2, -0.15) is 17.6 Å². The molecule has 156 valence electrons. The molecule has 0 saturated heterocycles. The quantitative estimate of drug-likeness (QED) is 0.613. The fourth-order valence-electron chi connectivity index (χ4n) is 2.40. The van der Waals surface area contributed by atoms with Gasteiger partial charge in [-0.1, -0.05) is 0 Å². The maximum Gasteiger partial charge on any atom is 0.387 e. The molecular formula is C19H18F4N2O4. The second-order valence-electron chi connectivity index (χ2n) is 5.64. The maximum atomic E-state index is 12.0. The summed E-state index contributed by atoms with van der Waals surface area (Å²) < 4.78 is 57.1. The maximum absolute atomic E-state index is 12.0. The van der Waals surface area contributed by atoms with Crippen molar-refractivity contribution in [1.82, 2.24) is 4.57 Å². The number of benzene rings is 2. The highest BCUT2D eigenvalue weighted by atomic mass is 19.3. The molecule has 0 radical (unpaired) electrons. The zero-order valence-electron chi connectivity index (χ0n) is 15.4. The molecule has 0 saturated carbocycles. The van der Waals surface area contributed by atoms with Crippen LogP contribution in [0.1, 0.15) is 0 Å². The first-order valence-corrected chi connectivity index (χ1v) is 8.21. The summed E-state index contributed by atoms with van der Waals surface area (Å²) in [7, 11) is 3.28. The minimum absolute atomic E-state index is 0.0681. The monoisotopic (exact) mass is 414 g/mol. The molecule has 6 nitrogen and oxygen atoms in total. The van der Waals surface area contributed by atoms with Crippen molar-refractivity contribution in [2.75, 3.05) is 12.4 Å². The Morgan fingerprint density at radius 3 is 2.03 bits per heavy atom. The SMILES string of the molecule is CNc1ccc(OC(F)F)cc1.Cn1c(=O)cc(O)c2cc(OC(F)F)ccc21. The summed E-state index contributed by atoms with van der Waals surface area (Å²) in [6, 6.07) is 11.3. The Hall–Kier alpha value is -3.43. The number of pyridine rings is 1. The molecule has 2 aromatic carbocycles. The number of hydrogen-bond acceptors (Lipinski definition) is 5. The second-order valence-corrected chi connectivity index (χ2v) is 5.64. The number of halogens is 4. The van der Waals surface area contributed by atoms with Gasteiger partial charge in [0, 0.05) is 31.2 Å². The Balaban J connectivity index is 0.000000221. The number of hydrogen-bond donors (Lipinski definition) is 2. The summed E-state index contributed by atoms with van der Waals surface area (Å²) in [4.78, 5) is 11.4. The number of aromatic hydroxyl groups is 1. The second kappa shape index (κ2) is 9.67. The van der Waals surface area contributed by atoms with E-state index >= 15 is 0 Å². The lowest BCUT2D eigenvalue weighted by atomic mass is 10.2. The zero-order chi connectivity index (χ0) is 21.6. The summed E-state index contributed by atoms with van der Waals surface area (Å²) in [5.41, 5.74) is 0.922. The fraction of sp³-hybridized carbons (Fsp3) is 0.211. The van der Waals surface area contributed by atoms with E-state index in [2.05, 4.69) is 14.8 Å². The summed E-state index contributed by atoms with van der Waals surface area (Å²) in [5, 5.41) is 12.7. The lowest BCUT2D eigenvalue weighted by Gasteiger charge is -2.09. The van der Waals surface area contributed by atoms with Gasteiger partial charge >= 0.3 is 13.2 Å². The predicted octanol–water partition coefficient (Wildman–Crippen LogP) is 4.18. The zero-order valence-corrected chi connectivity index (χ0v) is 15.4. The molecule has 0 amide bonds. The van der Waals surface area contributed by atoms with Crippen LogP contribution in [0.2, 0.25) is 0 Å². The van der Waals surface area contributed by atoms with Gasteiger partial charge in [0.1, 0.15) is 17.2 Å². The first-order chi connectivity index (χ1) is 13.7. The molecule has 0 fully saturated rings. The molecule has 1 heterocycles. The van der Waals surface area contributed by atoms with E-state index < -0.39 is 13.2 Å². The van der Waals surface area contributed by atoms with E-state index in [-0.39, 0.29) is 28.2 Å². The van der Waals surface area contributed by atoms with Crippen molar-refractivity contribution < 1.29 is 32.1 Å². The molecular weight excluding hydrogens is 396 g/mol. The number of ether oxygens (including phenoxy) is 2. The number of rotatable bonds is 5. The van der Waals surface area contributed by atoms with E-state index in [0.29, 0.717) is 5.52 Å². The Morgan fingerprint density at radius 2 is 1.48 bits per heavy atom. The average molecular weight is 414 g/mol. The summed E-state index contributed by atoms with van der Waals surface area (Å²) in [6.07, 6.45) is 0. The van der Waals surface area contributed by atoms with Crippen LogP contribution in [0.4, 0.5) is 23.2 Å². The van der Waals surface area contributed by atoms with E-state index in [1.807, 2.05) is 0 Å². The van der Waals surface area contributed by atoms with Gasteiger partial charge in [-0.05, 0) is 42.5 Å². The Morgan fingerprint density at radius 1 is 0.931 bits per heavy atom. The molecule has 3 rings (SSSR count). The average Bonchev–Trinajstić information content (AvgIpc) is 2.66. The number of nitrogens with one attached hydrogen (secondary N) is 1. The third-order valence-corrected chi connectivity index (χ3v) is 3.79. The minimum atomic E-state index is -2.93. The topological polar surface area (TPSA) is 72.7 Å². The molecule has 0 spiro atoms. The Labute approximate surface area is 162 Å². The van der Waals surface area contributed by atoms with Crippen LogP contribution in [0.25, 0.3) is 10.9 Å². The van der Waals surface area contributed by atoms with Crippen molar-refractivity contribution in [2.24, 2.45) is 7.05 Å². The molecule has 2 N–H and O–H groups in total. The molecule has 3 aromatic rings. The van der Waals surface area contributed by atoms with Gasteiger partial charge in [-0.3, -0.25) is 4.79 Å². The van der Waals surface area contributed by atoms with Gasteiger partial charge in [0.2, 0.25) is 0 Å². The van der Waals surface area contributed by atoms with Crippen LogP contribution in [0.3, 0.4) is 0 Å². The first-order valence-electron chi connectivity index (χ1n) is 8.21. The normalized spacial score (nSPS) is 10.6. The Kier molecular flexibility index (Phi) is 7.29. The molecule has 29 heavy (non-hydrogen) atoms. The van der Waals surface area contributed by atoms with Crippen LogP contribution >= 0.6 is 0 Å². The van der Waals surface area contributed by atoms with E-state index in [0.717, 1.165) is 11.8 Å². The van der Waals surface area contributed by atoms with Crippen LogP contribution in [0.15, 0.2) is 53.3 Å². The number of alkyl halides is 4. The van der Waals surface area contributed by atoms with Gasteiger partial charge < -0.3 is 24.5 Å². The molecule has 0 aliphatic rings. The van der Waals surface area contributed by atoms with E-state index in [4.69, 9.17) is 0 Å². The molecule has 1 aromatic heterocycles. The van der Waals surface area contributed by atoms with Crippen LogP contribution in [0.5, 0.6) is 17.2 Å². The third kappa shape index (κ3) is 6.03. The molecule has 0 aliphatic carbocycles. The van der Waals surface area contributed by atoms with E-state index in [1.165, 1.54) is 41.9 Å². The fourth-order valence-corrected chi connectivity index (χ4v) is 2.40. The van der Waals surface area contributed by atoms with Crippen LogP contribution in [-0.4, -0.2) is 29.9 Å². The van der Waals surface area contributed by atoms with Gasteiger partial charge in [-0.15, -0.1) is 0 Å². The summed E-state index contributed by atoms with van der Waals surface area (Å²) >= 11 is 0. The highest BCUT2D eigenvalue weighted by molar-refractivity contribution is 5.86. The highest BCUT2D eigenvalue weighted by Gasteiger charge is 2.09. The van der Waals surface area contributed by atoms with Crippen molar-refractivity contribution in [3.63, 3.8) is 0 Å². The van der Waals surface area contributed by atoms with Gasteiger partial charge in [-0.25, -0.2) is 0 Å². The Bertz CT molecular complexity index is 1010. The molecule has 0 aliphatic heterocycles. The standard InChI is InChI=1S/C11H9F2NO3.C8H9F2NO/c1-14-8-3-2-6(17-11(12)13)4-7(8)9(15)5-10(14)16;1-11-6-2-4-7(5-3-6)12-8(9)10/h2-5,11,15H,1H3;2-5,8,11H,1H3. The minimum Gasteiger partial charge on any atom is -0.507 e. The van der Waals surface area contributed by atoms with Crippen molar-refractivity contribution in [3.05, 3.63) is 58.9 Å². The van der Waals surface area contributed by atoms with Crippen molar-refractivity contribution in [1.29, 1.82) is 0 Å². The highest BCUT2D eigenvalue weighted by Crippen LogP contribution is 2.27. The molecule has 10 heteroatoms. The summed E-state index contributed by atoms with van der Waals surface area (Å²) in [6.45, 7) is -5.69. The van der Waals surface area contributed by atoms with Crippen LogP contribution < -0.4 is 20.3 Å². The van der Waals surface area contributed by atoms with Crippen molar-refractivity contribution >= 4 is 16.6 Å².